The lowest BCUT2D eigenvalue weighted by Gasteiger charge is -2.24. The van der Waals surface area contributed by atoms with Crippen molar-refractivity contribution < 1.29 is 9.59 Å². The molecule has 3 rings (SSSR count). The van der Waals surface area contributed by atoms with Crippen molar-refractivity contribution in [3.8, 4) is 0 Å². The van der Waals surface area contributed by atoms with E-state index in [4.69, 9.17) is 0 Å². The van der Waals surface area contributed by atoms with Crippen LogP contribution in [0.2, 0.25) is 0 Å². The van der Waals surface area contributed by atoms with E-state index in [9.17, 15) is 9.59 Å². The van der Waals surface area contributed by atoms with E-state index in [1.54, 1.807) is 17.3 Å². The molecule has 0 bridgehead atoms. The third-order valence-corrected chi connectivity index (χ3v) is 3.72. The predicted octanol–water partition coefficient (Wildman–Crippen LogP) is 0.709. The molecule has 1 aliphatic heterocycles. The van der Waals surface area contributed by atoms with Gasteiger partial charge in [-0.15, -0.1) is 0 Å². The van der Waals surface area contributed by atoms with Crippen LogP contribution in [0.15, 0.2) is 24.5 Å². The Hall–Kier alpha value is -1.91. The monoisotopic (exact) mass is 259 g/mol. The number of nitrogens with one attached hydrogen (secondary N) is 1. The highest BCUT2D eigenvalue weighted by atomic mass is 16.2. The van der Waals surface area contributed by atoms with Crippen molar-refractivity contribution >= 4 is 11.8 Å². The zero-order valence-corrected chi connectivity index (χ0v) is 10.7. The molecule has 1 saturated carbocycles. The lowest BCUT2D eigenvalue weighted by atomic mass is 10.1. The summed E-state index contributed by atoms with van der Waals surface area (Å²) in [6.45, 7) is 1.05. The van der Waals surface area contributed by atoms with Crippen LogP contribution in [0.1, 0.15) is 24.8 Å². The van der Waals surface area contributed by atoms with Gasteiger partial charge in [0.25, 0.3) is 0 Å². The minimum Gasteiger partial charge on any atom is -0.344 e. The van der Waals surface area contributed by atoms with Gasteiger partial charge in [0.2, 0.25) is 11.8 Å². The summed E-state index contributed by atoms with van der Waals surface area (Å²) in [4.78, 5) is 29.9. The van der Waals surface area contributed by atoms with Crippen LogP contribution in [0.5, 0.6) is 0 Å². The van der Waals surface area contributed by atoms with E-state index in [-0.39, 0.29) is 17.9 Å². The number of carbonyl (C=O) groups excluding carboxylic acids is 2. The largest absolute Gasteiger partial charge is 0.344 e. The number of amides is 2. The molecule has 0 radical (unpaired) electrons. The summed E-state index contributed by atoms with van der Waals surface area (Å²) in [6, 6.07) is 3.50. The van der Waals surface area contributed by atoms with Crippen LogP contribution in [0.25, 0.3) is 0 Å². The van der Waals surface area contributed by atoms with Crippen molar-refractivity contribution in [3.63, 3.8) is 0 Å². The lowest BCUT2D eigenvalue weighted by molar-refractivity contribution is -0.134. The summed E-state index contributed by atoms with van der Waals surface area (Å²) in [7, 11) is 0. The van der Waals surface area contributed by atoms with Crippen molar-refractivity contribution in [1.82, 2.24) is 15.2 Å². The first-order valence-corrected chi connectivity index (χ1v) is 6.71. The summed E-state index contributed by atoms with van der Waals surface area (Å²) < 4.78 is 0. The van der Waals surface area contributed by atoms with Crippen LogP contribution in [0, 0.1) is 5.92 Å². The molecule has 1 aromatic rings. The predicted molar refractivity (Wildman–Crippen MR) is 68.9 cm³/mol. The molecule has 0 aromatic carbocycles. The molecule has 2 fully saturated rings. The maximum Gasteiger partial charge on any atom is 0.245 e. The Morgan fingerprint density at radius 3 is 2.68 bits per heavy atom. The van der Waals surface area contributed by atoms with Crippen LogP contribution < -0.4 is 5.32 Å². The Balaban J connectivity index is 1.75. The Kier molecular flexibility index (Phi) is 3.19. The van der Waals surface area contributed by atoms with Crippen LogP contribution in [-0.2, 0) is 16.1 Å². The number of carbonyl (C=O) groups is 2. The number of rotatable bonds is 3. The topological polar surface area (TPSA) is 62.3 Å². The summed E-state index contributed by atoms with van der Waals surface area (Å²) in [6.07, 6.45) is 5.92. The first kappa shape index (κ1) is 12.1. The number of aromatic nitrogens is 1. The molecule has 2 amide bonds. The maximum absolute atomic E-state index is 12.5. The minimum atomic E-state index is -0.308. The number of nitrogens with zero attached hydrogens (tertiary/aromatic N) is 2. The smallest absolute Gasteiger partial charge is 0.245 e. The molecule has 5 heteroatoms. The molecule has 2 heterocycles. The number of hydrogen-bond donors (Lipinski definition) is 1. The average molecular weight is 259 g/mol. The van der Waals surface area contributed by atoms with Crippen molar-refractivity contribution in [2.75, 3.05) is 6.54 Å². The second kappa shape index (κ2) is 4.99. The lowest BCUT2D eigenvalue weighted by Crippen LogP contribution is -2.45. The minimum absolute atomic E-state index is 0.0116. The molecule has 19 heavy (non-hydrogen) atoms. The molecule has 1 atom stereocenters. The van der Waals surface area contributed by atoms with E-state index in [0.29, 0.717) is 25.4 Å². The van der Waals surface area contributed by atoms with Crippen molar-refractivity contribution in [2.45, 2.75) is 31.8 Å². The van der Waals surface area contributed by atoms with Crippen molar-refractivity contribution in [2.24, 2.45) is 5.92 Å². The SMILES string of the molecule is O=C1CCN(Cc2ccncc2)C(=O)C(C2CC2)N1. The van der Waals surface area contributed by atoms with Gasteiger partial charge < -0.3 is 10.2 Å². The van der Waals surface area contributed by atoms with E-state index in [0.717, 1.165) is 18.4 Å². The fourth-order valence-corrected chi connectivity index (χ4v) is 2.47. The fraction of sp³-hybridized carbons (Fsp3) is 0.500. The van der Waals surface area contributed by atoms with E-state index >= 15 is 0 Å². The third-order valence-electron chi connectivity index (χ3n) is 3.72. The van der Waals surface area contributed by atoms with Crippen LogP contribution in [0.4, 0.5) is 0 Å². The van der Waals surface area contributed by atoms with Crippen LogP contribution in [0.3, 0.4) is 0 Å². The summed E-state index contributed by atoms with van der Waals surface area (Å²) in [5, 5.41) is 2.86. The fourth-order valence-electron chi connectivity index (χ4n) is 2.47. The molecule has 1 saturated heterocycles. The molecule has 100 valence electrons. The molecule has 1 unspecified atom stereocenters. The zero-order valence-electron chi connectivity index (χ0n) is 10.7. The highest BCUT2D eigenvalue weighted by Gasteiger charge is 2.40. The maximum atomic E-state index is 12.5. The standard InChI is InChI=1S/C14H17N3O2/c18-12-5-8-17(9-10-3-6-15-7-4-10)14(19)13(16-12)11-1-2-11/h3-4,6-7,11,13H,1-2,5,8-9H2,(H,16,18). The third kappa shape index (κ3) is 2.75. The molecular formula is C14H17N3O2. The van der Waals surface area contributed by atoms with E-state index in [1.807, 2.05) is 12.1 Å². The van der Waals surface area contributed by atoms with Crippen molar-refractivity contribution in [1.29, 1.82) is 0 Å². The molecule has 1 aromatic heterocycles. The second-order valence-corrected chi connectivity index (χ2v) is 5.25. The van der Waals surface area contributed by atoms with E-state index in [2.05, 4.69) is 10.3 Å². The molecule has 2 aliphatic rings. The summed E-state index contributed by atoms with van der Waals surface area (Å²) in [5.74, 6) is 0.391. The average Bonchev–Trinajstić information content (AvgIpc) is 3.25. The summed E-state index contributed by atoms with van der Waals surface area (Å²) >= 11 is 0. The van der Waals surface area contributed by atoms with Crippen LogP contribution in [-0.4, -0.2) is 34.3 Å². The highest BCUT2D eigenvalue weighted by Crippen LogP contribution is 2.34. The van der Waals surface area contributed by atoms with Gasteiger partial charge >= 0.3 is 0 Å². The molecule has 1 aliphatic carbocycles. The molecule has 5 nitrogen and oxygen atoms in total. The Labute approximate surface area is 112 Å². The summed E-state index contributed by atoms with van der Waals surface area (Å²) in [5.41, 5.74) is 1.05. The number of hydrogen-bond acceptors (Lipinski definition) is 3. The van der Waals surface area contributed by atoms with E-state index in [1.165, 1.54) is 0 Å². The van der Waals surface area contributed by atoms with Gasteiger partial charge in [-0.2, -0.15) is 0 Å². The van der Waals surface area contributed by atoms with Gasteiger partial charge in [-0.05, 0) is 36.5 Å². The van der Waals surface area contributed by atoms with Gasteiger partial charge in [-0.3, -0.25) is 14.6 Å². The molecular weight excluding hydrogens is 242 g/mol. The Morgan fingerprint density at radius 1 is 1.26 bits per heavy atom. The zero-order chi connectivity index (χ0) is 13.2. The number of pyridine rings is 1. The first-order chi connectivity index (χ1) is 9.24. The van der Waals surface area contributed by atoms with Gasteiger partial charge in [-0.1, -0.05) is 0 Å². The highest BCUT2D eigenvalue weighted by molar-refractivity contribution is 5.90. The van der Waals surface area contributed by atoms with Gasteiger partial charge in [0.15, 0.2) is 0 Å². The van der Waals surface area contributed by atoms with Gasteiger partial charge in [0, 0.05) is 31.9 Å². The van der Waals surface area contributed by atoms with Gasteiger partial charge in [0.05, 0.1) is 0 Å². The molecule has 1 N–H and O–H groups in total. The van der Waals surface area contributed by atoms with Gasteiger partial charge in [0.1, 0.15) is 6.04 Å². The molecule has 0 spiro atoms. The van der Waals surface area contributed by atoms with Crippen LogP contribution >= 0.6 is 0 Å². The van der Waals surface area contributed by atoms with Crippen molar-refractivity contribution in [3.05, 3.63) is 30.1 Å². The van der Waals surface area contributed by atoms with E-state index < -0.39 is 0 Å². The quantitative estimate of drug-likeness (QED) is 0.869. The van der Waals surface area contributed by atoms with Gasteiger partial charge in [-0.25, -0.2) is 0 Å². The Morgan fingerprint density at radius 2 is 2.00 bits per heavy atom. The first-order valence-electron chi connectivity index (χ1n) is 6.71. The second-order valence-electron chi connectivity index (χ2n) is 5.25. The normalized spacial score (nSPS) is 24.0. The Bertz CT molecular complexity index is 485.